The summed E-state index contributed by atoms with van der Waals surface area (Å²) in [5.74, 6) is -0.442. The Labute approximate surface area is 97.1 Å². The van der Waals surface area contributed by atoms with E-state index in [1.807, 2.05) is 13.8 Å². The van der Waals surface area contributed by atoms with Crippen LogP contribution in [0.2, 0.25) is 0 Å². The maximum absolute atomic E-state index is 8.50. The van der Waals surface area contributed by atoms with Crippen molar-refractivity contribution >= 4 is 0 Å². The summed E-state index contributed by atoms with van der Waals surface area (Å²) in [6.07, 6.45) is 0.930. The molecule has 5 nitrogen and oxygen atoms in total. The largest absolute Gasteiger partial charge is 0.394 e. The molecule has 0 aliphatic carbocycles. The smallest absolute Gasteiger partial charge is 0.162 e. The van der Waals surface area contributed by atoms with E-state index in [0.29, 0.717) is 26.4 Å². The van der Waals surface area contributed by atoms with Gasteiger partial charge in [-0.25, -0.2) is 0 Å². The van der Waals surface area contributed by atoms with Crippen LogP contribution in [0.25, 0.3) is 0 Å². The quantitative estimate of drug-likeness (QED) is 0.612. The number of rotatable bonds is 7. The Bertz CT molecular complexity index is 177. The first-order valence-electron chi connectivity index (χ1n) is 5.84. The summed E-state index contributed by atoms with van der Waals surface area (Å²) in [5, 5.41) is 11.8. The van der Waals surface area contributed by atoms with E-state index >= 15 is 0 Å². The van der Waals surface area contributed by atoms with Crippen LogP contribution < -0.4 is 5.32 Å². The third-order valence-electron chi connectivity index (χ3n) is 2.40. The number of aliphatic hydroxyl groups is 1. The van der Waals surface area contributed by atoms with Gasteiger partial charge in [-0.15, -0.1) is 0 Å². The van der Waals surface area contributed by atoms with Gasteiger partial charge in [0.05, 0.1) is 32.5 Å². The van der Waals surface area contributed by atoms with Gasteiger partial charge in [-0.1, -0.05) is 0 Å². The molecule has 0 unspecified atom stereocenters. The molecule has 0 atom stereocenters. The molecule has 0 radical (unpaired) electrons. The average molecular weight is 233 g/mol. The number of aliphatic hydroxyl groups excluding tert-OH is 1. The minimum absolute atomic E-state index is 0.0901. The molecule has 1 rings (SSSR count). The summed E-state index contributed by atoms with van der Waals surface area (Å²) in [5.41, 5.74) is 0. The minimum Gasteiger partial charge on any atom is -0.394 e. The Morgan fingerprint density at radius 1 is 1.31 bits per heavy atom. The van der Waals surface area contributed by atoms with Gasteiger partial charge in [-0.3, -0.25) is 0 Å². The van der Waals surface area contributed by atoms with Crippen LogP contribution in [0.4, 0.5) is 0 Å². The zero-order valence-corrected chi connectivity index (χ0v) is 10.2. The third kappa shape index (κ3) is 5.77. The summed E-state index contributed by atoms with van der Waals surface area (Å²) in [6, 6.07) is 0.269. The molecule has 2 N–H and O–H groups in total. The van der Waals surface area contributed by atoms with E-state index in [1.165, 1.54) is 0 Å². The maximum atomic E-state index is 8.50. The van der Waals surface area contributed by atoms with Crippen molar-refractivity contribution in [3.05, 3.63) is 0 Å². The normalized spacial score (nSPS) is 21.2. The van der Waals surface area contributed by atoms with E-state index in [-0.39, 0.29) is 12.6 Å². The highest BCUT2D eigenvalue weighted by molar-refractivity contribution is 4.72. The predicted octanol–water partition coefficient (Wildman–Crippen LogP) is 0.127. The molecule has 1 aliphatic heterocycles. The molecule has 0 amide bonds. The van der Waals surface area contributed by atoms with Crippen molar-refractivity contribution in [3.63, 3.8) is 0 Å². The Hall–Kier alpha value is -0.200. The first-order chi connectivity index (χ1) is 7.64. The van der Waals surface area contributed by atoms with Crippen molar-refractivity contribution < 1.29 is 19.3 Å². The van der Waals surface area contributed by atoms with Gasteiger partial charge in [0, 0.05) is 6.61 Å². The van der Waals surface area contributed by atoms with Crippen molar-refractivity contribution in [2.45, 2.75) is 32.1 Å². The molecule has 1 saturated heterocycles. The van der Waals surface area contributed by atoms with Crippen molar-refractivity contribution in [1.82, 2.24) is 5.32 Å². The van der Waals surface area contributed by atoms with Crippen LogP contribution in [0.3, 0.4) is 0 Å². The average Bonchev–Trinajstić information content (AvgIpc) is 2.25. The van der Waals surface area contributed by atoms with Gasteiger partial charge in [0.2, 0.25) is 0 Å². The van der Waals surface area contributed by atoms with Gasteiger partial charge >= 0.3 is 0 Å². The first-order valence-corrected chi connectivity index (χ1v) is 5.84. The van der Waals surface area contributed by atoms with Crippen molar-refractivity contribution in [3.8, 4) is 0 Å². The van der Waals surface area contributed by atoms with Crippen LogP contribution in [0.5, 0.6) is 0 Å². The lowest BCUT2D eigenvalue weighted by Gasteiger charge is -2.35. The van der Waals surface area contributed by atoms with Gasteiger partial charge in [0.15, 0.2) is 5.79 Å². The van der Waals surface area contributed by atoms with Gasteiger partial charge in [-0.2, -0.15) is 0 Å². The fraction of sp³-hybridized carbons (Fsp3) is 1.00. The van der Waals surface area contributed by atoms with Gasteiger partial charge in [-0.05, 0) is 26.8 Å². The number of ether oxygens (including phenoxy) is 3. The first kappa shape index (κ1) is 13.9. The summed E-state index contributed by atoms with van der Waals surface area (Å²) in [6.45, 7) is 7.28. The standard InChI is InChI=1S/C11H23NO4/c1-11(2)15-8-10(9-16-11)12-4-3-6-14-7-5-13/h10,12-13H,3-9H2,1-2H3. The van der Waals surface area contributed by atoms with Crippen LogP contribution in [0.1, 0.15) is 20.3 Å². The number of hydrogen-bond acceptors (Lipinski definition) is 5. The molecular formula is C11H23NO4. The topological polar surface area (TPSA) is 60.0 Å². The van der Waals surface area contributed by atoms with Crippen LogP contribution >= 0.6 is 0 Å². The highest BCUT2D eigenvalue weighted by Gasteiger charge is 2.27. The monoisotopic (exact) mass is 233 g/mol. The molecule has 1 aliphatic rings. The summed E-state index contributed by atoms with van der Waals surface area (Å²) in [4.78, 5) is 0. The maximum Gasteiger partial charge on any atom is 0.162 e. The summed E-state index contributed by atoms with van der Waals surface area (Å²) < 4.78 is 16.2. The van der Waals surface area contributed by atoms with Crippen molar-refractivity contribution in [2.75, 3.05) is 39.6 Å². The predicted molar refractivity (Wildman–Crippen MR) is 60.3 cm³/mol. The third-order valence-corrected chi connectivity index (χ3v) is 2.40. The van der Waals surface area contributed by atoms with E-state index in [2.05, 4.69) is 5.32 Å². The molecule has 0 saturated carbocycles. The molecule has 1 fully saturated rings. The Morgan fingerprint density at radius 3 is 2.62 bits per heavy atom. The highest BCUT2D eigenvalue weighted by atomic mass is 16.7. The van der Waals surface area contributed by atoms with Crippen LogP contribution in [-0.4, -0.2) is 56.5 Å². The zero-order chi connectivity index (χ0) is 11.9. The van der Waals surface area contributed by atoms with E-state index in [0.717, 1.165) is 13.0 Å². The second-order valence-corrected chi connectivity index (χ2v) is 4.36. The molecular weight excluding hydrogens is 210 g/mol. The van der Waals surface area contributed by atoms with E-state index in [4.69, 9.17) is 19.3 Å². The SMILES string of the molecule is CC1(C)OCC(NCCCOCCO)CO1. The number of hydrogen-bond donors (Lipinski definition) is 2. The fourth-order valence-electron chi connectivity index (χ4n) is 1.46. The summed E-state index contributed by atoms with van der Waals surface area (Å²) in [7, 11) is 0. The van der Waals surface area contributed by atoms with E-state index in [9.17, 15) is 0 Å². The molecule has 0 aromatic carbocycles. The highest BCUT2D eigenvalue weighted by Crippen LogP contribution is 2.16. The number of nitrogens with one attached hydrogen (secondary N) is 1. The van der Waals surface area contributed by atoms with Gasteiger partial charge in [0.1, 0.15) is 0 Å². The zero-order valence-electron chi connectivity index (χ0n) is 10.2. The van der Waals surface area contributed by atoms with Crippen molar-refractivity contribution in [2.24, 2.45) is 0 Å². The second-order valence-electron chi connectivity index (χ2n) is 4.36. The molecule has 0 spiro atoms. The lowest BCUT2D eigenvalue weighted by molar-refractivity contribution is -0.252. The molecule has 0 aromatic heterocycles. The second kappa shape index (κ2) is 7.19. The summed E-state index contributed by atoms with van der Waals surface area (Å²) >= 11 is 0. The van der Waals surface area contributed by atoms with Gasteiger partial charge < -0.3 is 24.6 Å². The lowest BCUT2D eigenvalue weighted by atomic mass is 10.2. The molecule has 0 bridgehead atoms. The van der Waals surface area contributed by atoms with Crippen LogP contribution in [0.15, 0.2) is 0 Å². The van der Waals surface area contributed by atoms with Crippen LogP contribution in [-0.2, 0) is 14.2 Å². The molecule has 16 heavy (non-hydrogen) atoms. The molecule has 96 valence electrons. The Balaban J connectivity index is 1.94. The minimum atomic E-state index is -0.442. The van der Waals surface area contributed by atoms with E-state index in [1.54, 1.807) is 0 Å². The Kier molecular flexibility index (Phi) is 6.23. The van der Waals surface area contributed by atoms with Crippen molar-refractivity contribution in [1.29, 1.82) is 0 Å². The van der Waals surface area contributed by atoms with Gasteiger partial charge in [0.25, 0.3) is 0 Å². The molecule has 5 heteroatoms. The molecule has 1 heterocycles. The van der Waals surface area contributed by atoms with Crippen LogP contribution in [0, 0.1) is 0 Å². The lowest BCUT2D eigenvalue weighted by Crippen LogP contribution is -2.48. The van der Waals surface area contributed by atoms with E-state index < -0.39 is 5.79 Å². The Morgan fingerprint density at radius 2 is 2.00 bits per heavy atom. The molecule has 0 aromatic rings. The fourth-order valence-corrected chi connectivity index (χ4v) is 1.46.